The van der Waals surface area contributed by atoms with Crippen molar-refractivity contribution >= 4 is 0 Å². The molecule has 3 aromatic carbocycles. The lowest BCUT2D eigenvalue weighted by Crippen LogP contribution is -2.25. The van der Waals surface area contributed by atoms with Gasteiger partial charge in [-0.25, -0.2) is 31.9 Å². The normalized spacial score (nSPS) is 17.1. The molecule has 0 N–H and O–H groups in total. The molecule has 0 bridgehead atoms. The van der Waals surface area contributed by atoms with Crippen molar-refractivity contribution in [1.29, 1.82) is 0 Å². The Kier molecular flexibility index (Phi) is 9.56. The number of hydrogen-bond acceptors (Lipinski definition) is 3. The standard InChI is InChI=1S/C34H31F7N2O/c1-2-3-4-5-20-6-8-22(9-7-20)25-18-42-33(43-19-25)23-12-10-21(11-13-23)24-14-27(35)31(28(36)15-24)34(40,41)44-26-16-29(37)32(39)30(38)17-26/h10-20,22H,2-9H2,1H3. The van der Waals surface area contributed by atoms with Crippen molar-refractivity contribution in [2.24, 2.45) is 5.92 Å². The Morgan fingerprint density at radius 1 is 0.727 bits per heavy atom. The van der Waals surface area contributed by atoms with Crippen molar-refractivity contribution in [1.82, 2.24) is 9.97 Å². The summed E-state index contributed by atoms with van der Waals surface area (Å²) >= 11 is 0. The van der Waals surface area contributed by atoms with Gasteiger partial charge >= 0.3 is 6.11 Å². The van der Waals surface area contributed by atoms with Crippen molar-refractivity contribution in [2.75, 3.05) is 0 Å². The van der Waals surface area contributed by atoms with E-state index in [1.54, 1.807) is 24.3 Å². The predicted molar refractivity (Wildman–Crippen MR) is 152 cm³/mol. The van der Waals surface area contributed by atoms with Crippen LogP contribution in [0.3, 0.4) is 0 Å². The highest BCUT2D eigenvalue weighted by Gasteiger charge is 2.41. The van der Waals surface area contributed by atoms with Gasteiger partial charge in [-0.2, -0.15) is 8.78 Å². The Balaban J connectivity index is 1.26. The van der Waals surface area contributed by atoms with Crippen molar-refractivity contribution < 1.29 is 35.5 Å². The van der Waals surface area contributed by atoms with E-state index >= 15 is 0 Å². The minimum atomic E-state index is -4.66. The van der Waals surface area contributed by atoms with Gasteiger partial charge in [0.25, 0.3) is 0 Å². The molecule has 0 atom stereocenters. The predicted octanol–water partition coefficient (Wildman–Crippen LogP) is 10.5. The van der Waals surface area contributed by atoms with E-state index < -0.39 is 46.5 Å². The summed E-state index contributed by atoms with van der Waals surface area (Å²) in [5.41, 5.74) is 0.306. The lowest BCUT2D eigenvalue weighted by Gasteiger charge is -2.28. The molecule has 1 aliphatic carbocycles. The first-order valence-electron chi connectivity index (χ1n) is 14.7. The fraction of sp³-hybridized carbons (Fsp3) is 0.353. The first-order chi connectivity index (χ1) is 21.1. The van der Waals surface area contributed by atoms with Crippen LogP contribution in [0.4, 0.5) is 30.7 Å². The first kappa shape index (κ1) is 31.5. The molecule has 0 amide bonds. The summed E-state index contributed by atoms with van der Waals surface area (Å²) in [5.74, 6) is -8.22. The number of aromatic nitrogens is 2. The second-order valence-electron chi connectivity index (χ2n) is 11.3. The zero-order valence-corrected chi connectivity index (χ0v) is 24.0. The molecule has 232 valence electrons. The Morgan fingerprint density at radius 3 is 1.86 bits per heavy atom. The molecule has 1 aliphatic rings. The highest BCUT2D eigenvalue weighted by atomic mass is 19.3. The van der Waals surface area contributed by atoms with E-state index in [2.05, 4.69) is 21.6 Å². The van der Waals surface area contributed by atoms with Gasteiger partial charge in [-0.1, -0.05) is 56.9 Å². The summed E-state index contributed by atoms with van der Waals surface area (Å²) in [5, 5.41) is 0. The Morgan fingerprint density at radius 2 is 1.30 bits per heavy atom. The molecule has 0 spiro atoms. The van der Waals surface area contributed by atoms with Gasteiger partial charge in [-0.15, -0.1) is 0 Å². The first-order valence-corrected chi connectivity index (χ1v) is 14.7. The Hall–Kier alpha value is -3.95. The summed E-state index contributed by atoms with van der Waals surface area (Å²) in [4.78, 5) is 9.05. The van der Waals surface area contributed by atoms with Crippen LogP contribution in [0, 0.1) is 35.0 Å². The molecule has 1 fully saturated rings. The smallest absolute Gasteiger partial charge is 0.429 e. The van der Waals surface area contributed by atoms with Crippen molar-refractivity contribution in [2.45, 2.75) is 70.3 Å². The largest absolute Gasteiger partial charge is 0.432 e. The molecule has 0 saturated heterocycles. The van der Waals surface area contributed by atoms with Crippen LogP contribution >= 0.6 is 0 Å². The van der Waals surface area contributed by atoms with Gasteiger partial charge in [0.1, 0.15) is 22.9 Å². The number of unbranched alkanes of at least 4 members (excludes halogenated alkanes) is 2. The molecule has 4 aromatic rings. The number of alkyl halides is 2. The van der Waals surface area contributed by atoms with E-state index in [0.717, 1.165) is 24.3 Å². The molecular formula is C34H31F7N2O. The van der Waals surface area contributed by atoms with Crippen LogP contribution in [0.25, 0.3) is 22.5 Å². The maximum atomic E-state index is 14.8. The van der Waals surface area contributed by atoms with Gasteiger partial charge in [0.05, 0.1) is 0 Å². The zero-order chi connectivity index (χ0) is 31.4. The average molecular weight is 617 g/mol. The molecule has 1 heterocycles. The number of nitrogens with zero attached hydrogens (tertiary/aromatic N) is 2. The van der Waals surface area contributed by atoms with Crippen LogP contribution in [0.15, 0.2) is 60.9 Å². The second-order valence-corrected chi connectivity index (χ2v) is 11.3. The highest BCUT2D eigenvalue weighted by molar-refractivity contribution is 5.68. The van der Waals surface area contributed by atoms with Crippen LogP contribution in [0.1, 0.15) is 75.3 Å². The third kappa shape index (κ3) is 7.05. The SMILES string of the molecule is CCCCCC1CCC(c2cnc(-c3ccc(-c4cc(F)c(C(F)(F)Oc5cc(F)c(F)c(F)c5)c(F)c4)cc3)nc2)CC1. The van der Waals surface area contributed by atoms with Gasteiger partial charge in [0, 0.05) is 30.1 Å². The van der Waals surface area contributed by atoms with Gasteiger partial charge in [-0.3, -0.25) is 0 Å². The summed E-state index contributed by atoms with van der Waals surface area (Å²) in [7, 11) is 0. The van der Waals surface area contributed by atoms with Crippen LogP contribution in [-0.4, -0.2) is 9.97 Å². The van der Waals surface area contributed by atoms with E-state index in [0.29, 0.717) is 35.0 Å². The topological polar surface area (TPSA) is 35.0 Å². The summed E-state index contributed by atoms with van der Waals surface area (Å²) in [6.45, 7) is 2.22. The highest BCUT2D eigenvalue weighted by Crippen LogP contribution is 2.39. The Labute approximate surface area is 251 Å². The van der Waals surface area contributed by atoms with Gasteiger partial charge in [0.15, 0.2) is 23.3 Å². The molecule has 1 aromatic heterocycles. The lowest BCUT2D eigenvalue weighted by atomic mass is 9.77. The number of rotatable bonds is 10. The van der Waals surface area contributed by atoms with Crippen LogP contribution in [0.2, 0.25) is 0 Å². The van der Waals surface area contributed by atoms with Gasteiger partial charge in [0.2, 0.25) is 0 Å². The third-order valence-corrected chi connectivity index (χ3v) is 8.22. The van der Waals surface area contributed by atoms with Gasteiger partial charge in [-0.05, 0) is 66.3 Å². The maximum absolute atomic E-state index is 14.8. The fourth-order valence-corrected chi connectivity index (χ4v) is 5.79. The van der Waals surface area contributed by atoms with Crippen LogP contribution in [0.5, 0.6) is 5.75 Å². The number of benzene rings is 3. The van der Waals surface area contributed by atoms with Crippen LogP contribution in [-0.2, 0) is 6.11 Å². The van der Waals surface area contributed by atoms with E-state index in [1.165, 1.54) is 38.5 Å². The van der Waals surface area contributed by atoms with Crippen molar-refractivity contribution in [3.63, 3.8) is 0 Å². The Bertz CT molecular complexity index is 1540. The second kappa shape index (κ2) is 13.4. The molecule has 1 saturated carbocycles. The number of halogens is 7. The quantitative estimate of drug-likeness (QED) is 0.101. The minimum absolute atomic E-state index is 0.0356. The van der Waals surface area contributed by atoms with Crippen molar-refractivity contribution in [3.05, 3.63) is 101 Å². The lowest BCUT2D eigenvalue weighted by molar-refractivity contribution is -0.189. The van der Waals surface area contributed by atoms with E-state index in [4.69, 9.17) is 0 Å². The molecule has 3 nitrogen and oxygen atoms in total. The monoisotopic (exact) mass is 616 g/mol. The van der Waals surface area contributed by atoms with Gasteiger partial charge < -0.3 is 4.74 Å². The van der Waals surface area contributed by atoms with Crippen molar-refractivity contribution in [3.8, 4) is 28.3 Å². The number of ether oxygens (including phenoxy) is 1. The van der Waals surface area contributed by atoms with E-state index in [9.17, 15) is 30.7 Å². The molecule has 10 heteroatoms. The molecule has 44 heavy (non-hydrogen) atoms. The van der Waals surface area contributed by atoms with E-state index in [-0.39, 0.29) is 17.7 Å². The molecule has 0 radical (unpaired) electrons. The molecule has 5 rings (SSSR count). The number of hydrogen-bond donors (Lipinski definition) is 0. The maximum Gasteiger partial charge on any atom is 0.432 e. The average Bonchev–Trinajstić information content (AvgIpc) is 3.00. The molecule has 0 aliphatic heterocycles. The zero-order valence-electron chi connectivity index (χ0n) is 24.0. The summed E-state index contributed by atoms with van der Waals surface area (Å²) < 4.78 is 103. The van der Waals surface area contributed by atoms with E-state index in [1.807, 2.05) is 12.4 Å². The fourth-order valence-electron chi connectivity index (χ4n) is 5.79. The third-order valence-electron chi connectivity index (χ3n) is 8.22. The summed E-state index contributed by atoms with van der Waals surface area (Å²) in [6.07, 6.45) is 8.85. The molecular weight excluding hydrogens is 585 g/mol. The minimum Gasteiger partial charge on any atom is -0.429 e. The summed E-state index contributed by atoms with van der Waals surface area (Å²) in [6, 6.07) is 8.11. The molecule has 0 unspecified atom stereocenters. The van der Waals surface area contributed by atoms with Crippen LogP contribution < -0.4 is 4.74 Å².